The van der Waals surface area contributed by atoms with Crippen molar-refractivity contribution in [3.63, 3.8) is 0 Å². The summed E-state index contributed by atoms with van der Waals surface area (Å²) in [6.45, 7) is 0. The molecule has 6 heteroatoms. The average molecular weight is 783 g/mol. The first kappa shape index (κ1) is 33.7. The molecule has 0 amide bonds. The van der Waals surface area contributed by atoms with Crippen molar-refractivity contribution in [2.75, 3.05) is 0 Å². The fraction of sp³-hybridized carbons (Fsp3) is 0.0182. The molecule has 1 aliphatic heterocycles. The Hall–Kier alpha value is -8.22. The summed E-state index contributed by atoms with van der Waals surface area (Å²) in [4.78, 5) is 10.7. The largest absolute Gasteiger partial charge is 0.456 e. The van der Waals surface area contributed by atoms with Gasteiger partial charge in [0.1, 0.15) is 34.3 Å². The van der Waals surface area contributed by atoms with Gasteiger partial charge in [-0.3, -0.25) is 0 Å². The molecular weight excluding hydrogens is 749 g/mol. The van der Waals surface area contributed by atoms with Crippen molar-refractivity contribution in [1.82, 2.24) is 9.88 Å². The zero-order chi connectivity index (χ0) is 40.0. The van der Waals surface area contributed by atoms with Crippen molar-refractivity contribution in [2.45, 2.75) is 6.17 Å². The standard InChI is InChI=1S/C55H34N4O2/c1-2-13-33(14-3-1)34-17-12-18-37(27-34)53-56-54(38-25-26-43-41-20-7-10-23-49(41)60-51(43)30-38)58-55(57-53)46-32-39(31-45-42-21-8-11-24-50(42)61-52(45)46)59-47-22-9-6-19-40(47)44-28-35-15-4-5-16-36(35)29-48(44)59/h1-32,53H,(H,56,57,58). The van der Waals surface area contributed by atoms with Crippen molar-refractivity contribution in [3.8, 4) is 16.8 Å². The maximum Gasteiger partial charge on any atom is 0.159 e. The lowest BCUT2D eigenvalue weighted by Gasteiger charge is -2.24. The van der Waals surface area contributed by atoms with Gasteiger partial charge in [-0.2, -0.15) is 0 Å². The van der Waals surface area contributed by atoms with Crippen LogP contribution in [0, 0.1) is 0 Å². The summed E-state index contributed by atoms with van der Waals surface area (Å²) in [7, 11) is 0. The number of nitrogens with zero attached hydrogens (tertiary/aromatic N) is 3. The fourth-order valence-electron chi connectivity index (χ4n) is 9.32. The van der Waals surface area contributed by atoms with E-state index in [0.29, 0.717) is 11.7 Å². The molecule has 1 aliphatic rings. The van der Waals surface area contributed by atoms with E-state index in [0.717, 1.165) is 88.4 Å². The molecule has 1 N–H and O–H groups in total. The molecule has 9 aromatic carbocycles. The molecule has 12 aromatic rings. The van der Waals surface area contributed by atoms with Gasteiger partial charge in [0.2, 0.25) is 0 Å². The van der Waals surface area contributed by atoms with Gasteiger partial charge in [0, 0.05) is 43.6 Å². The van der Waals surface area contributed by atoms with Crippen molar-refractivity contribution in [3.05, 3.63) is 211 Å². The molecule has 6 nitrogen and oxygen atoms in total. The van der Waals surface area contributed by atoms with Crippen molar-refractivity contribution in [1.29, 1.82) is 0 Å². The summed E-state index contributed by atoms with van der Waals surface area (Å²) in [5.41, 5.74) is 11.5. The number of hydrogen-bond acceptors (Lipinski definition) is 5. The van der Waals surface area contributed by atoms with Crippen LogP contribution in [0.15, 0.2) is 213 Å². The van der Waals surface area contributed by atoms with E-state index >= 15 is 0 Å². The van der Waals surface area contributed by atoms with Crippen LogP contribution in [0.4, 0.5) is 0 Å². The first-order valence-electron chi connectivity index (χ1n) is 20.6. The van der Waals surface area contributed by atoms with Crippen LogP contribution in [0.1, 0.15) is 22.9 Å². The smallest absolute Gasteiger partial charge is 0.159 e. The Morgan fingerprint density at radius 2 is 1.13 bits per heavy atom. The minimum Gasteiger partial charge on any atom is -0.456 e. The molecule has 3 aromatic heterocycles. The number of hydrogen-bond donors (Lipinski definition) is 1. The van der Waals surface area contributed by atoms with Gasteiger partial charge in [-0.15, -0.1) is 0 Å². The monoisotopic (exact) mass is 782 g/mol. The Bertz CT molecular complexity index is 3810. The van der Waals surface area contributed by atoms with Crippen LogP contribution in [0.3, 0.4) is 0 Å². The number of furan rings is 2. The number of amidine groups is 2. The highest BCUT2D eigenvalue weighted by atomic mass is 16.3. The Kier molecular flexibility index (Phi) is 7.27. The third-order valence-corrected chi connectivity index (χ3v) is 12.2. The normalized spacial score (nSPS) is 14.4. The Labute approximate surface area is 349 Å². The maximum atomic E-state index is 6.81. The van der Waals surface area contributed by atoms with Crippen molar-refractivity contribution < 1.29 is 8.83 Å². The molecule has 1 atom stereocenters. The van der Waals surface area contributed by atoms with Gasteiger partial charge in [-0.05, 0) is 88.1 Å². The second-order valence-corrected chi connectivity index (χ2v) is 15.8. The molecular formula is C55H34N4O2. The lowest BCUT2D eigenvalue weighted by atomic mass is 10.0. The Morgan fingerprint density at radius 1 is 0.443 bits per heavy atom. The summed E-state index contributed by atoms with van der Waals surface area (Å²) in [6, 6.07) is 68.1. The van der Waals surface area contributed by atoms with Crippen LogP contribution in [-0.4, -0.2) is 16.2 Å². The molecule has 0 bridgehead atoms. The van der Waals surface area contributed by atoms with Crippen LogP contribution in [0.5, 0.6) is 0 Å². The number of benzene rings is 9. The first-order valence-corrected chi connectivity index (χ1v) is 20.6. The third kappa shape index (κ3) is 5.36. The molecule has 0 saturated heterocycles. The molecule has 0 spiro atoms. The zero-order valence-corrected chi connectivity index (χ0v) is 32.7. The first-order chi connectivity index (χ1) is 30.2. The summed E-state index contributed by atoms with van der Waals surface area (Å²) >= 11 is 0. The second-order valence-electron chi connectivity index (χ2n) is 15.8. The Morgan fingerprint density at radius 3 is 1.98 bits per heavy atom. The predicted octanol–water partition coefficient (Wildman–Crippen LogP) is 13.9. The summed E-state index contributed by atoms with van der Waals surface area (Å²) in [5.74, 6) is 1.27. The summed E-state index contributed by atoms with van der Waals surface area (Å²) < 4.78 is 15.6. The predicted molar refractivity (Wildman–Crippen MR) is 250 cm³/mol. The van der Waals surface area contributed by atoms with Gasteiger partial charge in [0.05, 0.1) is 16.6 Å². The molecule has 61 heavy (non-hydrogen) atoms. The summed E-state index contributed by atoms with van der Waals surface area (Å²) in [6.07, 6.45) is -0.458. The highest BCUT2D eigenvalue weighted by Crippen LogP contribution is 2.40. The second kappa shape index (κ2) is 13.1. The van der Waals surface area contributed by atoms with Gasteiger partial charge >= 0.3 is 0 Å². The number of nitrogens with one attached hydrogen (secondary N) is 1. The number of para-hydroxylation sites is 3. The molecule has 0 radical (unpaired) electrons. The lowest BCUT2D eigenvalue weighted by molar-refractivity contribution is 0.659. The highest BCUT2D eigenvalue weighted by molar-refractivity contribution is 6.21. The van der Waals surface area contributed by atoms with Crippen LogP contribution in [-0.2, 0) is 0 Å². The quantitative estimate of drug-likeness (QED) is 0.189. The molecule has 4 heterocycles. The van der Waals surface area contributed by atoms with Gasteiger partial charge in [0.25, 0.3) is 0 Å². The molecule has 286 valence electrons. The fourth-order valence-corrected chi connectivity index (χ4v) is 9.32. The molecule has 0 saturated carbocycles. The molecule has 0 aliphatic carbocycles. The number of rotatable bonds is 5. The number of aliphatic imine (C=N–C) groups is 2. The van der Waals surface area contributed by atoms with Crippen molar-refractivity contribution >= 4 is 88.1 Å². The van der Waals surface area contributed by atoms with Crippen LogP contribution in [0.2, 0.25) is 0 Å². The summed E-state index contributed by atoms with van der Waals surface area (Å²) in [5, 5.41) is 12.8. The van der Waals surface area contributed by atoms with Gasteiger partial charge in [-0.1, -0.05) is 133 Å². The zero-order valence-electron chi connectivity index (χ0n) is 32.7. The number of aromatic nitrogens is 1. The van der Waals surface area contributed by atoms with E-state index in [4.69, 9.17) is 18.8 Å². The van der Waals surface area contributed by atoms with Gasteiger partial charge in [-0.25, -0.2) is 9.98 Å². The molecule has 0 fully saturated rings. The van der Waals surface area contributed by atoms with E-state index in [1.807, 2.05) is 36.4 Å². The van der Waals surface area contributed by atoms with E-state index in [9.17, 15) is 0 Å². The maximum absolute atomic E-state index is 6.81. The van der Waals surface area contributed by atoms with Crippen LogP contribution < -0.4 is 5.32 Å². The van der Waals surface area contributed by atoms with Gasteiger partial charge in [0.15, 0.2) is 5.84 Å². The van der Waals surface area contributed by atoms with E-state index < -0.39 is 6.17 Å². The van der Waals surface area contributed by atoms with E-state index in [-0.39, 0.29) is 0 Å². The lowest BCUT2D eigenvalue weighted by Crippen LogP contribution is -2.33. The number of fused-ring (bicyclic) bond motifs is 10. The molecule has 1 unspecified atom stereocenters. The third-order valence-electron chi connectivity index (χ3n) is 12.2. The topological polar surface area (TPSA) is 68.0 Å². The molecule has 13 rings (SSSR count). The van der Waals surface area contributed by atoms with Gasteiger partial charge < -0.3 is 18.7 Å². The Balaban J connectivity index is 1.06. The minimum atomic E-state index is -0.458. The van der Waals surface area contributed by atoms with Crippen LogP contribution in [0.25, 0.3) is 93.3 Å². The SMILES string of the molecule is c1ccc(-c2cccc(C3N=C(c4ccc5c(c4)oc4ccccc45)N=C(c4cc(-n5c6ccccc6c6cc7ccccc7cc65)cc5c4oc4ccccc45)N3)c2)cc1. The van der Waals surface area contributed by atoms with E-state index in [1.165, 1.54) is 21.5 Å². The van der Waals surface area contributed by atoms with E-state index in [2.05, 4.69) is 168 Å². The van der Waals surface area contributed by atoms with Crippen molar-refractivity contribution in [2.24, 2.45) is 9.98 Å². The minimum absolute atomic E-state index is 0.458. The van der Waals surface area contributed by atoms with E-state index in [1.54, 1.807) is 0 Å². The average Bonchev–Trinajstić information content (AvgIpc) is 4.00. The van der Waals surface area contributed by atoms with Crippen LogP contribution >= 0.6 is 0 Å². The highest BCUT2D eigenvalue weighted by Gasteiger charge is 2.26.